The second-order valence-electron chi connectivity index (χ2n) is 9.61. The van der Waals surface area contributed by atoms with Gasteiger partial charge < -0.3 is 10.2 Å². The zero-order chi connectivity index (χ0) is 27.7. The molecule has 38 heavy (non-hydrogen) atoms. The molecule has 0 saturated heterocycles. The van der Waals surface area contributed by atoms with Crippen molar-refractivity contribution in [3.8, 4) is 0 Å². The van der Waals surface area contributed by atoms with Gasteiger partial charge in [-0.05, 0) is 54.7 Å². The van der Waals surface area contributed by atoms with Gasteiger partial charge in [-0.25, -0.2) is 8.42 Å². The molecule has 202 valence electrons. The standard InChI is InChI=1S/C30H37N3O4S/c1-23-18-24(2)20-27(19-23)33(38(4,36)37)17-11-16-29(34)32(22-26-14-9-6-10-15-26)28(30(35)31-3)21-25-12-7-5-8-13-25/h5-10,12-15,18-20,28H,11,16-17,21-22H2,1-4H3,(H,31,35)/t28-/m0/s1. The molecule has 0 aromatic heterocycles. The van der Waals surface area contributed by atoms with Gasteiger partial charge in [0.2, 0.25) is 21.8 Å². The van der Waals surface area contributed by atoms with Gasteiger partial charge in [-0.1, -0.05) is 66.7 Å². The lowest BCUT2D eigenvalue weighted by molar-refractivity contribution is -0.141. The average Bonchev–Trinajstić information content (AvgIpc) is 2.88. The summed E-state index contributed by atoms with van der Waals surface area (Å²) in [7, 11) is -1.98. The third kappa shape index (κ3) is 8.18. The Morgan fingerprint density at radius 2 is 1.42 bits per heavy atom. The molecule has 0 radical (unpaired) electrons. The first-order chi connectivity index (χ1) is 18.1. The van der Waals surface area contributed by atoms with Gasteiger partial charge >= 0.3 is 0 Å². The molecule has 0 saturated carbocycles. The smallest absolute Gasteiger partial charge is 0.242 e. The Hall–Kier alpha value is -3.65. The molecule has 3 aromatic rings. The lowest BCUT2D eigenvalue weighted by Crippen LogP contribution is -2.49. The molecule has 0 unspecified atom stereocenters. The maximum Gasteiger partial charge on any atom is 0.242 e. The summed E-state index contributed by atoms with van der Waals surface area (Å²) in [5.41, 5.74) is 4.38. The van der Waals surface area contributed by atoms with E-state index in [0.717, 1.165) is 22.3 Å². The Morgan fingerprint density at radius 3 is 1.95 bits per heavy atom. The van der Waals surface area contributed by atoms with Crippen molar-refractivity contribution < 1.29 is 18.0 Å². The van der Waals surface area contributed by atoms with E-state index in [1.165, 1.54) is 10.6 Å². The fraction of sp³-hybridized carbons (Fsp3) is 0.333. The summed E-state index contributed by atoms with van der Waals surface area (Å²) >= 11 is 0. The number of hydrogen-bond donors (Lipinski definition) is 1. The van der Waals surface area contributed by atoms with Crippen molar-refractivity contribution in [3.63, 3.8) is 0 Å². The first-order valence-electron chi connectivity index (χ1n) is 12.7. The Morgan fingerprint density at radius 1 is 0.868 bits per heavy atom. The number of nitrogens with zero attached hydrogens (tertiary/aromatic N) is 2. The van der Waals surface area contributed by atoms with Crippen LogP contribution in [0.2, 0.25) is 0 Å². The molecule has 2 amide bonds. The van der Waals surface area contributed by atoms with E-state index in [2.05, 4.69) is 5.32 Å². The molecular weight excluding hydrogens is 498 g/mol. The molecule has 8 heteroatoms. The third-order valence-corrected chi connectivity index (χ3v) is 7.55. The van der Waals surface area contributed by atoms with Crippen LogP contribution >= 0.6 is 0 Å². The minimum atomic E-state index is -3.55. The molecule has 0 aliphatic rings. The Bertz CT molecular complexity index is 1310. The first-order valence-corrected chi connectivity index (χ1v) is 14.6. The highest BCUT2D eigenvalue weighted by atomic mass is 32.2. The van der Waals surface area contributed by atoms with Gasteiger partial charge in [0.15, 0.2) is 0 Å². The maximum atomic E-state index is 13.7. The minimum Gasteiger partial charge on any atom is -0.357 e. The number of aryl methyl sites for hydroxylation is 2. The molecule has 0 aliphatic carbocycles. The molecule has 0 bridgehead atoms. The van der Waals surface area contributed by atoms with E-state index in [1.807, 2.05) is 92.7 Å². The van der Waals surface area contributed by atoms with E-state index in [9.17, 15) is 18.0 Å². The van der Waals surface area contributed by atoms with Crippen LogP contribution in [0.4, 0.5) is 5.69 Å². The van der Waals surface area contributed by atoms with Gasteiger partial charge in [-0.2, -0.15) is 0 Å². The lowest BCUT2D eigenvalue weighted by atomic mass is 10.0. The van der Waals surface area contributed by atoms with Crippen LogP contribution in [0.5, 0.6) is 0 Å². The molecule has 0 spiro atoms. The summed E-state index contributed by atoms with van der Waals surface area (Å²) in [6.07, 6.45) is 1.97. The van der Waals surface area contributed by atoms with Crippen LogP contribution in [0, 0.1) is 13.8 Å². The second-order valence-corrected chi connectivity index (χ2v) is 11.5. The first kappa shape index (κ1) is 28.9. The van der Waals surface area contributed by atoms with Crippen LogP contribution in [0.3, 0.4) is 0 Å². The second kappa shape index (κ2) is 13.2. The van der Waals surface area contributed by atoms with Crippen molar-refractivity contribution in [2.75, 3.05) is 24.2 Å². The van der Waals surface area contributed by atoms with Gasteiger partial charge in [0.25, 0.3) is 0 Å². The van der Waals surface area contributed by atoms with Gasteiger partial charge in [0, 0.05) is 33.0 Å². The fourth-order valence-electron chi connectivity index (χ4n) is 4.60. The Kier molecular flexibility index (Phi) is 10.1. The topological polar surface area (TPSA) is 86.8 Å². The Balaban J connectivity index is 1.83. The quantitative estimate of drug-likeness (QED) is 0.376. The van der Waals surface area contributed by atoms with Crippen LogP contribution < -0.4 is 9.62 Å². The number of carbonyl (C=O) groups is 2. The summed E-state index contributed by atoms with van der Waals surface area (Å²) in [5.74, 6) is -0.446. The molecule has 3 aromatic carbocycles. The van der Waals surface area contributed by atoms with E-state index in [1.54, 1.807) is 11.9 Å². The van der Waals surface area contributed by atoms with Crippen LogP contribution in [-0.2, 0) is 32.6 Å². The molecule has 0 aliphatic heterocycles. The van der Waals surface area contributed by atoms with E-state index in [4.69, 9.17) is 0 Å². The molecule has 3 rings (SSSR count). The van der Waals surface area contributed by atoms with Crippen molar-refractivity contribution in [2.45, 2.75) is 45.7 Å². The molecule has 7 nitrogen and oxygen atoms in total. The molecular formula is C30H37N3O4S. The SMILES string of the molecule is CNC(=O)[C@H](Cc1ccccc1)N(Cc1ccccc1)C(=O)CCCN(c1cc(C)cc(C)c1)S(C)(=O)=O. The largest absolute Gasteiger partial charge is 0.357 e. The number of hydrogen-bond acceptors (Lipinski definition) is 4. The summed E-state index contributed by atoms with van der Waals surface area (Å²) in [6.45, 7) is 4.29. The van der Waals surface area contributed by atoms with Gasteiger partial charge in [-0.3, -0.25) is 13.9 Å². The highest BCUT2D eigenvalue weighted by Crippen LogP contribution is 2.23. The van der Waals surface area contributed by atoms with Crippen molar-refractivity contribution in [1.29, 1.82) is 0 Å². The monoisotopic (exact) mass is 535 g/mol. The highest BCUT2D eigenvalue weighted by molar-refractivity contribution is 7.92. The number of carbonyl (C=O) groups excluding carboxylic acids is 2. The normalized spacial score (nSPS) is 12.0. The van der Waals surface area contributed by atoms with E-state index >= 15 is 0 Å². The third-order valence-electron chi connectivity index (χ3n) is 6.36. The summed E-state index contributed by atoms with van der Waals surface area (Å²) in [5, 5.41) is 2.71. The Labute approximate surface area is 226 Å². The van der Waals surface area contributed by atoms with Crippen molar-refractivity contribution in [1.82, 2.24) is 10.2 Å². The average molecular weight is 536 g/mol. The van der Waals surface area contributed by atoms with Crippen LogP contribution in [0.25, 0.3) is 0 Å². The number of nitrogens with one attached hydrogen (secondary N) is 1. The summed E-state index contributed by atoms with van der Waals surface area (Å²) in [4.78, 5) is 28.3. The van der Waals surface area contributed by atoms with E-state index in [-0.39, 0.29) is 31.3 Å². The van der Waals surface area contributed by atoms with Crippen molar-refractivity contribution >= 4 is 27.5 Å². The lowest BCUT2D eigenvalue weighted by Gasteiger charge is -2.31. The van der Waals surface area contributed by atoms with Gasteiger partial charge in [-0.15, -0.1) is 0 Å². The molecule has 0 fully saturated rings. The predicted molar refractivity (Wildman–Crippen MR) is 152 cm³/mol. The van der Waals surface area contributed by atoms with Crippen molar-refractivity contribution in [2.24, 2.45) is 0 Å². The van der Waals surface area contributed by atoms with Crippen LogP contribution in [0.15, 0.2) is 78.9 Å². The number of likely N-dealkylation sites (N-methyl/N-ethyl adjacent to an activating group) is 1. The van der Waals surface area contributed by atoms with E-state index in [0.29, 0.717) is 18.5 Å². The number of benzene rings is 3. The minimum absolute atomic E-state index is 0.103. The maximum absolute atomic E-state index is 13.7. The van der Waals surface area contributed by atoms with Crippen LogP contribution in [-0.4, -0.2) is 51.0 Å². The zero-order valence-corrected chi connectivity index (χ0v) is 23.4. The number of sulfonamides is 1. The molecule has 1 N–H and O–H groups in total. The summed E-state index contributed by atoms with van der Waals surface area (Å²) in [6, 6.07) is 24.1. The summed E-state index contributed by atoms with van der Waals surface area (Å²) < 4.78 is 26.6. The van der Waals surface area contributed by atoms with Gasteiger partial charge in [0.05, 0.1) is 11.9 Å². The molecule has 0 heterocycles. The molecule has 1 atom stereocenters. The highest BCUT2D eigenvalue weighted by Gasteiger charge is 2.30. The predicted octanol–water partition coefficient (Wildman–Crippen LogP) is 4.24. The number of anilines is 1. The number of amides is 2. The number of rotatable bonds is 12. The van der Waals surface area contributed by atoms with Crippen molar-refractivity contribution in [3.05, 3.63) is 101 Å². The van der Waals surface area contributed by atoms with Crippen LogP contribution in [0.1, 0.15) is 35.1 Å². The van der Waals surface area contributed by atoms with E-state index < -0.39 is 16.1 Å². The van der Waals surface area contributed by atoms with Gasteiger partial charge in [0.1, 0.15) is 6.04 Å². The fourth-order valence-corrected chi connectivity index (χ4v) is 5.55. The zero-order valence-electron chi connectivity index (χ0n) is 22.6.